The first-order valence-corrected chi connectivity index (χ1v) is 9.00. The molecule has 0 saturated carbocycles. The lowest BCUT2D eigenvalue weighted by atomic mass is 10.1. The van der Waals surface area contributed by atoms with Crippen molar-refractivity contribution < 1.29 is 4.79 Å². The average Bonchev–Trinajstić information content (AvgIpc) is 2.99. The first kappa shape index (κ1) is 17.9. The molecule has 0 fully saturated rings. The zero-order valence-electron chi connectivity index (χ0n) is 15.6. The van der Waals surface area contributed by atoms with Gasteiger partial charge in [0, 0.05) is 12.1 Å². The second-order valence-corrected chi connectivity index (χ2v) is 6.71. The van der Waals surface area contributed by atoms with Crippen molar-refractivity contribution in [2.75, 3.05) is 0 Å². The third-order valence-electron chi connectivity index (χ3n) is 4.51. The Morgan fingerprint density at radius 3 is 2.38 bits per heavy atom. The highest BCUT2D eigenvalue weighted by atomic mass is 16.1. The van der Waals surface area contributed by atoms with E-state index in [0.29, 0.717) is 6.42 Å². The number of aryl methyl sites for hydroxylation is 3. The second-order valence-electron chi connectivity index (χ2n) is 6.71. The normalized spacial score (nSPS) is 12.0. The number of hydrogen-bond donors (Lipinski definition) is 1. The molecule has 0 bridgehead atoms. The Morgan fingerprint density at radius 1 is 1.08 bits per heavy atom. The highest BCUT2D eigenvalue weighted by molar-refractivity contribution is 5.76. The molecule has 1 unspecified atom stereocenters. The molecule has 26 heavy (non-hydrogen) atoms. The van der Waals surface area contributed by atoms with Crippen LogP contribution in [0.15, 0.2) is 60.7 Å². The molecule has 1 atom stereocenters. The summed E-state index contributed by atoms with van der Waals surface area (Å²) < 4.78 is 1.94. The molecule has 0 aliphatic rings. The topological polar surface area (TPSA) is 46.9 Å². The molecular formula is C22H25N3O. The second kappa shape index (κ2) is 8.00. The zero-order valence-corrected chi connectivity index (χ0v) is 15.6. The lowest BCUT2D eigenvalue weighted by Gasteiger charge is -2.14. The van der Waals surface area contributed by atoms with Crippen molar-refractivity contribution in [1.82, 2.24) is 15.1 Å². The summed E-state index contributed by atoms with van der Waals surface area (Å²) in [5, 5.41) is 7.56. The van der Waals surface area contributed by atoms with Gasteiger partial charge < -0.3 is 5.32 Å². The molecule has 0 aliphatic heterocycles. The van der Waals surface area contributed by atoms with Crippen LogP contribution in [0.25, 0.3) is 5.69 Å². The summed E-state index contributed by atoms with van der Waals surface area (Å²) in [5.74, 6) is 0.0731. The Bertz CT molecular complexity index is 866. The minimum Gasteiger partial charge on any atom is -0.350 e. The van der Waals surface area contributed by atoms with Gasteiger partial charge in [0.05, 0.1) is 17.4 Å². The number of carbonyl (C=O) groups excluding carboxylic acids is 1. The number of benzene rings is 2. The van der Waals surface area contributed by atoms with Gasteiger partial charge in [0.25, 0.3) is 0 Å². The van der Waals surface area contributed by atoms with Crippen LogP contribution in [0, 0.1) is 13.8 Å². The Labute approximate surface area is 154 Å². The maximum atomic E-state index is 12.2. The summed E-state index contributed by atoms with van der Waals surface area (Å²) in [4.78, 5) is 12.2. The lowest BCUT2D eigenvalue weighted by Crippen LogP contribution is -2.26. The third-order valence-corrected chi connectivity index (χ3v) is 4.51. The lowest BCUT2D eigenvalue weighted by molar-refractivity contribution is -0.121. The molecule has 1 heterocycles. The summed E-state index contributed by atoms with van der Waals surface area (Å²) in [5.41, 5.74) is 5.44. The van der Waals surface area contributed by atoms with Crippen LogP contribution in [-0.4, -0.2) is 15.7 Å². The Morgan fingerprint density at radius 2 is 1.77 bits per heavy atom. The summed E-state index contributed by atoms with van der Waals surface area (Å²) in [6, 6.07) is 20.4. The van der Waals surface area contributed by atoms with Gasteiger partial charge >= 0.3 is 0 Å². The van der Waals surface area contributed by atoms with E-state index in [0.717, 1.165) is 34.6 Å². The fourth-order valence-corrected chi connectivity index (χ4v) is 3.09. The molecule has 4 nitrogen and oxygen atoms in total. The maximum Gasteiger partial charge on any atom is 0.220 e. The van der Waals surface area contributed by atoms with E-state index in [9.17, 15) is 4.79 Å². The van der Waals surface area contributed by atoms with E-state index in [2.05, 4.69) is 40.7 Å². The highest BCUT2D eigenvalue weighted by Gasteiger charge is 2.09. The van der Waals surface area contributed by atoms with Crippen molar-refractivity contribution in [1.29, 1.82) is 0 Å². The number of aromatic nitrogens is 2. The van der Waals surface area contributed by atoms with Crippen LogP contribution < -0.4 is 5.32 Å². The first-order chi connectivity index (χ1) is 12.5. The van der Waals surface area contributed by atoms with Crippen molar-refractivity contribution in [2.24, 2.45) is 0 Å². The molecule has 134 valence electrons. The van der Waals surface area contributed by atoms with Gasteiger partial charge in [-0.25, -0.2) is 4.68 Å². The van der Waals surface area contributed by atoms with Crippen LogP contribution in [-0.2, 0) is 11.2 Å². The van der Waals surface area contributed by atoms with Crippen molar-refractivity contribution >= 4 is 5.91 Å². The fourth-order valence-electron chi connectivity index (χ4n) is 3.09. The predicted molar refractivity (Wildman–Crippen MR) is 104 cm³/mol. The van der Waals surface area contributed by atoms with Gasteiger partial charge in [-0.3, -0.25) is 4.79 Å². The number of carbonyl (C=O) groups is 1. The van der Waals surface area contributed by atoms with Gasteiger partial charge in [0.15, 0.2) is 0 Å². The summed E-state index contributed by atoms with van der Waals surface area (Å²) in [7, 11) is 0. The van der Waals surface area contributed by atoms with Crippen molar-refractivity contribution in [2.45, 2.75) is 39.7 Å². The van der Waals surface area contributed by atoms with E-state index in [1.807, 2.05) is 55.8 Å². The standard InChI is InChI=1S/C22H25N3O/c1-16-15-17(2)25(24-16)21-12-9-19(10-13-21)11-14-22(26)23-18(3)20-7-5-4-6-8-20/h4-10,12-13,15,18H,11,14H2,1-3H3,(H,23,26). The minimum atomic E-state index is 0.0251. The molecule has 2 aromatic carbocycles. The van der Waals surface area contributed by atoms with E-state index in [1.165, 1.54) is 0 Å². The minimum absolute atomic E-state index is 0.0251. The monoisotopic (exact) mass is 347 g/mol. The summed E-state index contributed by atoms with van der Waals surface area (Å²) in [6.45, 7) is 6.05. The molecular weight excluding hydrogens is 322 g/mol. The van der Waals surface area contributed by atoms with Crippen molar-refractivity contribution in [3.63, 3.8) is 0 Å². The van der Waals surface area contributed by atoms with Crippen LogP contribution in [0.1, 0.15) is 41.9 Å². The predicted octanol–water partition coefficient (Wildman–Crippen LogP) is 4.30. The largest absolute Gasteiger partial charge is 0.350 e. The molecule has 4 heteroatoms. The van der Waals surface area contributed by atoms with Crippen LogP contribution in [0.5, 0.6) is 0 Å². The smallest absolute Gasteiger partial charge is 0.220 e. The molecule has 1 N–H and O–H groups in total. The quantitative estimate of drug-likeness (QED) is 0.723. The van der Waals surface area contributed by atoms with Gasteiger partial charge in [-0.1, -0.05) is 42.5 Å². The van der Waals surface area contributed by atoms with Crippen LogP contribution in [0.2, 0.25) is 0 Å². The molecule has 3 aromatic rings. The maximum absolute atomic E-state index is 12.2. The van der Waals surface area contributed by atoms with E-state index >= 15 is 0 Å². The Kier molecular flexibility index (Phi) is 5.52. The molecule has 3 rings (SSSR count). The SMILES string of the molecule is Cc1cc(C)n(-c2ccc(CCC(=O)NC(C)c3ccccc3)cc2)n1. The molecule has 1 aromatic heterocycles. The van der Waals surface area contributed by atoms with Crippen molar-refractivity contribution in [3.05, 3.63) is 83.2 Å². The van der Waals surface area contributed by atoms with Crippen LogP contribution in [0.3, 0.4) is 0 Å². The number of nitrogens with zero attached hydrogens (tertiary/aromatic N) is 2. The Balaban J connectivity index is 1.55. The van der Waals surface area contributed by atoms with Gasteiger partial charge in [0.1, 0.15) is 0 Å². The van der Waals surface area contributed by atoms with Gasteiger partial charge in [-0.15, -0.1) is 0 Å². The van der Waals surface area contributed by atoms with E-state index < -0.39 is 0 Å². The number of hydrogen-bond acceptors (Lipinski definition) is 2. The molecule has 0 spiro atoms. The zero-order chi connectivity index (χ0) is 18.5. The van der Waals surface area contributed by atoms with E-state index in [1.54, 1.807) is 0 Å². The first-order valence-electron chi connectivity index (χ1n) is 9.00. The van der Waals surface area contributed by atoms with Crippen LogP contribution >= 0.6 is 0 Å². The molecule has 0 radical (unpaired) electrons. The molecule has 0 aliphatic carbocycles. The fraction of sp³-hybridized carbons (Fsp3) is 0.273. The van der Waals surface area contributed by atoms with Crippen LogP contribution in [0.4, 0.5) is 0 Å². The van der Waals surface area contributed by atoms with Gasteiger partial charge in [-0.05, 0) is 56.5 Å². The third kappa shape index (κ3) is 4.39. The average molecular weight is 347 g/mol. The highest BCUT2D eigenvalue weighted by Crippen LogP contribution is 2.15. The van der Waals surface area contributed by atoms with Gasteiger partial charge in [-0.2, -0.15) is 5.10 Å². The molecule has 0 saturated heterocycles. The van der Waals surface area contributed by atoms with Crippen molar-refractivity contribution in [3.8, 4) is 5.69 Å². The summed E-state index contributed by atoms with van der Waals surface area (Å²) >= 11 is 0. The van der Waals surface area contributed by atoms with Gasteiger partial charge in [0.2, 0.25) is 5.91 Å². The number of nitrogens with one attached hydrogen (secondary N) is 1. The number of amides is 1. The Hall–Kier alpha value is -2.88. The van der Waals surface area contributed by atoms with E-state index in [-0.39, 0.29) is 11.9 Å². The van der Waals surface area contributed by atoms with E-state index in [4.69, 9.17) is 0 Å². The number of rotatable bonds is 6. The molecule has 1 amide bonds. The summed E-state index contributed by atoms with van der Waals surface area (Å²) in [6.07, 6.45) is 1.21.